The predicted octanol–water partition coefficient (Wildman–Crippen LogP) is -0.758. The summed E-state index contributed by atoms with van der Waals surface area (Å²) in [6, 6.07) is 1.51. The van der Waals surface area contributed by atoms with Gasteiger partial charge in [-0.1, -0.05) is 0 Å². The zero-order chi connectivity index (χ0) is 20.1. The molecular weight excluding hydrogens is 364 g/mol. The maximum Gasteiger partial charge on any atom is 0.274 e. The van der Waals surface area contributed by atoms with Gasteiger partial charge in [0.2, 0.25) is 5.91 Å². The Bertz CT molecular complexity index is 897. The van der Waals surface area contributed by atoms with Gasteiger partial charge in [0.05, 0.1) is 6.54 Å². The highest BCUT2D eigenvalue weighted by atomic mass is 16.5. The van der Waals surface area contributed by atoms with Crippen molar-refractivity contribution < 1.29 is 14.3 Å². The van der Waals surface area contributed by atoms with Gasteiger partial charge in [0.25, 0.3) is 11.5 Å². The van der Waals surface area contributed by atoms with Gasteiger partial charge < -0.3 is 19.9 Å². The van der Waals surface area contributed by atoms with Crippen molar-refractivity contribution in [2.24, 2.45) is 0 Å². The molecule has 3 heterocycles. The second-order valence-electron chi connectivity index (χ2n) is 6.89. The summed E-state index contributed by atoms with van der Waals surface area (Å²) >= 11 is 0. The van der Waals surface area contributed by atoms with Crippen molar-refractivity contribution in [2.75, 3.05) is 53.0 Å². The van der Waals surface area contributed by atoms with Gasteiger partial charge in [0, 0.05) is 64.4 Å². The van der Waals surface area contributed by atoms with Crippen molar-refractivity contribution in [3.8, 4) is 0 Å². The van der Waals surface area contributed by atoms with E-state index in [1.165, 1.54) is 10.6 Å². The summed E-state index contributed by atoms with van der Waals surface area (Å²) in [6.07, 6.45) is 2.46. The number of nitrogens with one attached hydrogen (secondary N) is 2. The number of aryl methyl sites for hydroxylation is 1. The molecule has 1 saturated heterocycles. The number of amides is 2. The number of rotatable bonds is 7. The lowest BCUT2D eigenvalue weighted by Gasteiger charge is -2.33. The molecule has 0 saturated carbocycles. The van der Waals surface area contributed by atoms with E-state index in [4.69, 9.17) is 4.74 Å². The fraction of sp³-hybridized carbons (Fsp3) is 0.556. The van der Waals surface area contributed by atoms with E-state index in [0.29, 0.717) is 57.1 Å². The number of nitrogens with zero attached hydrogens (tertiary/aromatic N) is 4. The van der Waals surface area contributed by atoms with Crippen LogP contribution in [0, 0.1) is 6.92 Å². The van der Waals surface area contributed by atoms with Crippen LogP contribution in [-0.4, -0.2) is 89.2 Å². The molecule has 3 rings (SSSR count). The molecule has 0 aliphatic carbocycles. The van der Waals surface area contributed by atoms with Gasteiger partial charge in [0.1, 0.15) is 5.52 Å². The van der Waals surface area contributed by atoms with Gasteiger partial charge in [-0.15, -0.1) is 0 Å². The lowest BCUT2D eigenvalue weighted by molar-refractivity contribution is -0.122. The molecule has 2 aromatic rings. The molecule has 0 aromatic carbocycles. The van der Waals surface area contributed by atoms with E-state index in [-0.39, 0.29) is 23.1 Å². The molecule has 10 heteroatoms. The quantitative estimate of drug-likeness (QED) is 0.601. The summed E-state index contributed by atoms with van der Waals surface area (Å²) in [7, 11) is 1.63. The normalized spacial score (nSPS) is 15.1. The van der Waals surface area contributed by atoms with E-state index in [0.717, 1.165) is 6.42 Å². The molecule has 2 aromatic heterocycles. The summed E-state index contributed by atoms with van der Waals surface area (Å²) in [5.41, 5.74) is 1.000. The molecular formula is C18H26N6O4. The summed E-state index contributed by atoms with van der Waals surface area (Å²) in [4.78, 5) is 43.1. The molecule has 0 spiro atoms. The zero-order valence-electron chi connectivity index (χ0n) is 16.2. The van der Waals surface area contributed by atoms with E-state index >= 15 is 0 Å². The minimum atomic E-state index is -0.270. The first kappa shape index (κ1) is 20.0. The Hall–Kier alpha value is -2.72. The van der Waals surface area contributed by atoms with E-state index in [9.17, 15) is 14.4 Å². The molecule has 1 fully saturated rings. The van der Waals surface area contributed by atoms with Crippen LogP contribution in [0.1, 0.15) is 22.6 Å². The molecule has 10 nitrogen and oxygen atoms in total. The fourth-order valence-electron chi connectivity index (χ4n) is 3.20. The number of aromatic amines is 1. The maximum absolute atomic E-state index is 12.7. The first-order chi connectivity index (χ1) is 13.5. The van der Waals surface area contributed by atoms with E-state index in [1.807, 2.05) is 4.90 Å². The monoisotopic (exact) mass is 390 g/mol. The van der Waals surface area contributed by atoms with Crippen LogP contribution >= 0.6 is 0 Å². The molecule has 2 N–H and O–H groups in total. The summed E-state index contributed by atoms with van der Waals surface area (Å²) in [6.45, 7) is 5.55. The van der Waals surface area contributed by atoms with Gasteiger partial charge in [-0.3, -0.25) is 19.3 Å². The number of carbonyl (C=O) groups excluding carboxylic acids is 2. The van der Waals surface area contributed by atoms with Crippen molar-refractivity contribution >= 4 is 17.3 Å². The first-order valence-electron chi connectivity index (χ1n) is 9.34. The lowest BCUT2D eigenvalue weighted by Crippen LogP contribution is -2.51. The van der Waals surface area contributed by atoms with Crippen LogP contribution in [0.3, 0.4) is 0 Å². The Kier molecular flexibility index (Phi) is 6.42. The van der Waals surface area contributed by atoms with Gasteiger partial charge in [-0.2, -0.15) is 5.10 Å². The molecule has 2 amide bonds. The van der Waals surface area contributed by atoms with Crippen molar-refractivity contribution in [3.05, 3.63) is 34.0 Å². The van der Waals surface area contributed by atoms with Gasteiger partial charge in [0.15, 0.2) is 5.69 Å². The molecule has 1 aliphatic heterocycles. The largest absolute Gasteiger partial charge is 0.385 e. The van der Waals surface area contributed by atoms with E-state index in [2.05, 4.69) is 15.4 Å². The molecule has 28 heavy (non-hydrogen) atoms. The maximum atomic E-state index is 12.7. The average molecular weight is 390 g/mol. The van der Waals surface area contributed by atoms with Crippen LogP contribution in [0.2, 0.25) is 0 Å². The van der Waals surface area contributed by atoms with Gasteiger partial charge >= 0.3 is 0 Å². The van der Waals surface area contributed by atoms with E-state index < -0.39 is 0 Å². The predicted molar refractivity (Wildman–Crippen MR) is 102 cm³/mol. The van der Waals surface area contributed by atoms with Crippen LogP contribution in [-0.2, 0) is 9.53 Å². The Morgan fingerprint density at radius 3 is 2.75 bits per heavy atom. The number of aromatic nitrogens is 3. The van der Waals surface area contributed by atoms with Crippen LogP contribution in [0.4, 0.5) is 0 Å². The Balaban J connectivity index is 1.52. The number of ether oxygens (including phenoxy) is 1. The highest BCUT2D eigenvalue weighted by Gasteiger charge is 2.25. The highest BCUT2D eigenvalue weighted by molar-refractivity contribution is 5.93. The Morgan fingerprint density at radius 1 is 1.29 bits per heavy atom. The molecule has 152 valence electrons. The molecule has 0 bridgehead atoms. The number of methoxy groups -OCH3 is 1. The summed E-state index contributed by atoms with van der Waals surface area (Å²) in [5, 5.41) is 7.11. The van der Waals surface area contributed by atoms with Crippen LogP contribution < -0.4 is 10.9 Å². The number of hydrogen-bond donors (Lipinski definition) is 2. The van der Waals surface area contributed by atoms with Crippen molar-refractivity contribution in [3.63, 3.8) is 0 Å². The topological polar surface area (TPSA) is 112 Å². The van der Waals surface area contributed by atoms with Gasteiger partial charge in [-0.05, 0) is 13.3 Å². The molecule has 0 unspecified atom stereocenters. The van der Waals surface area contributed by atoms with Gasteiger partial charge in [-0.25, -0.2) is 4.52 Å². The lowest BCUT2D eigenvalue weighted by atomic mass is 10.2. The fourth-order valence-corrected chi connectivity index (χ4v) is 3.20. The average Bonchev–Trinajstić information content (AvgIpc) is 3.10. The third kappa shape index (κ3) is 4.76. The Morgan fingerprint density at radius 2 is 2.04 bits per heavy atom. The minimum Gasteiger partial charge on any atom is -0.385 e. The molecule has 1 aliphatic rings. The number of piperazine rings is 1. The highest BCUT2D eigenvalue weighted by Crippen LogP contribution is 2.09. The number of carbonyl (C=O) groups is 2. The van der Waals surface area contributed by atoms with Crippen molar-refractivity contribution in [2.45, 2.75) is 13.3 Å². The van der Waals surface area contributed by atoms with Crippen LogP contribution in [0.15, 0.2) is 17.1 Å². The third-order valence-corrected chi connectivity index (χ3v) is 4.69. The number of hydrogen-bond acceptors (Lipinski definition) is 6. The smallest absolute Gasteiger partial charge is 0.274 e. The number of fused-ring (bicyclic) bond motifs is 1. The van der Waals surface area contributed by atoms with Crippen LogP contribution in [0.5, 0.6) is 0 Å². The number of H-pyrrole nitrogens is 1. The molecule has 0 radical (unpaired) electrons. The van der Waals surface area contributed by atoms with E-state index in [1.54, 1.807) is 25.1 Å². The van der Waals surface area contributed by atoms with Crippen molar-refractivity contribution in [1.29, 1.82) is 0 Å². The minimum absolute atomic E-state index is 0.0224. The van der Waals surface area contributed by atoms with Crippen LogP contribution in [0.25, 0.3) is 5.52 Å². The zero-order valence-corrected chi connectivity index (χ0v) is 16.2. The summed E-state index contributed by atoms with van der Waals surface area (Å²) in [5.74, 6) is -0.227. The summed E-state index contributed by atoms with van der Waals surface area (Å²) < 4.78 is 6.39. The second-order valence-corrected chi connectivity index (χ2v) is 6.89. The van der Waals surface area contributed by atoms with Crippen molar-refractivity contribution in [1.82, 2.24) is 29.7 Å². The molecule has 0 atom stereocenters. The second kappa shape index (κ2) is 8.98. The first-order valence-corrected chi connectivity index (χ1v) is 9.34. The third-order valence-electron chi connectivity index (χ3n) is 4.69. The SMILES string of the molecule is COCCCNC(=O)CN1CCN(C(=O)c2cc3c(=O)[nH]c(C)cn3n2)CC1. The Labute approximate surface area is 162 Å². The standard InChI is InChI=1S/C18H26N6O4/c1-13-11-24-15(17(26)20-13)10-14(21-24)18(27)23-7-5-22(6-8-23)12-16(25)19-4-3-9-28-2/h10-11H,3-9,12H2,1-2H3,(H,19,25)(H,20,26).